The molecule has 2 aromatic rings. The summed E-state index contributed by atoms with van der Waals surface area (Å²) in [6.07, 6.45) is 1.19. The monoisotopic (exact) mass is 404 g/mol. The Kier molecular flexibility index (Phi) is 8.02. The quantitative estimate of drug-likeness (QED) is 0.658. The number of sulfone groups is 1. The third-order valence-corrected chi connectivity index (χ3v) is 5.20. The van der Waals surface area contributed by atoms with Crippen LogP contribution in [0.15, 0.2) is 48.5 Å². The third kappa shape index (κ3) is 6.98. The summed E-state index contributed by atoms with van der Waals surface area (Å²) in [6, 6.07) is 13.9. The van der Waals surface area contributed by atoms with Crippen LogP contribution in [0.5, 0.6) is 5.75 Å². The van der Waals surface area contributed by atoms with Gasteiger partial charge >= 0.3 is 0 Å². The number of carbonyl (C=O) groups is 1. The Balaban J connectivity index is 2.02. The van der Waals surface area contributed by atoms with Gasteiger partial charge in [-0.3, -0.25) is 4.79 Å². The van der Waals surface area contributed by atoms with Gasteiger partial charge < -0.3 is 15.0 Å². The van der Waals surface area contributed by atoms with Crippen molar-refractivity contribution in [1.82, 2.24) is 4.90 Å². The first-order valence-corrected chi connectivity index (χ1v) is 11.4. The molecule has 0 aliphatic rings. The second-order valence-corrected chi connectivity index (χ2v) is 8.73. The second kappa shape index (κ2) is 10.2. The van der Waals surface area contributed by atoms with Crippen LogP contribution in [0.2, 0.25) is 0 Å². The van der Waals surface area contributed by atoms with Crippen molar-refractivity contribution in [3.8, 4) is 5.75 Å². The summed E-state index contributed by atoms with van der Waals surface area (Å²) < 4.78 is 28.6. The van der Waals surface area contributed by atoms with Crippen LogP contribution in [0.1, 0.15) is 29.8 Å². The van der Waals surface area contributed by atoms with E-state index in [1.165, 1.54) is 6.26 Å². The fraction of sp³-hybridized carbons (Fsp3) is 0.381. The Hall–Kier alpha value is -2.38. The number of carbonyl (C=O) groups excluding carboxylic acids is 1. The largest absolute Gasteiger partial charge is 0.490 e. The zero-order chi connectivity index (χ0) is 20.6. The molecule has 152 valence electrons. The number of benzene rings is 2. The van der Waals surface area contributed by atoms with E-state index in [4.69, 9.17) is 4.74 Å². The number of nitrogens with one attached hydrogen (secondary N) is 1. The van der Waals surface area contributed by atoms with Gasteiger partial charge in [0.15, 0.2) is 9.84 Å². The molecule has 0 aromatic heterocycles. The molecule has 6 nitrogen and oxygen atoms in total. The van der Waals surface area contributed by atoms with Gasteiger partial charge in [0.25, 0.3) is 5.91 Å². The predicted molar refractivity (Wildman–Crippen MR) is 113 cm³/mol. The minimum atomic E-state index is -3.10. The zero-order valence-electron chi connectivity index (χ0n) is 16.6. The first kappa shape index (κ1) is 21.9. The number of rotatable bonds is 10. The average Bonchev–Trinajstić information content (AvgIpc) is 2.66. The minimum absolute atomic E-state index is 0.0435. The van der Waals surface area contributed by atoms with Gasteiger partial charge in [0.2, 0.25) is 0 Å². The van der Waals surface area contributed by atoms with Gasteiger partial charge in [0.05, 0.1) is 11.4 Å². The topological polar surface area (TPSA) is 75.7 Å². The summed E-state index contributed by atoms with van der Waals surface area (Å²) in [5, 5.41) is 2.86. The Morgan fingerprint density at radius 1 is 1.04 bits per heavy atom. The molecule has 0 atom stereocenters. The van der Waals surface area contributed by atoms with Gasteiger partial charge in [0.1, 0.15) is 12.4 Å². The Morgan fingerprint density at radius 2 is 1.68 bits per heavy atom. The van der Waals surface area contributed by atoms with Crippen LogP contribution in [-0.4, -0.2) is 51.7 Å². The van der Waals surface area contributed by atoms with Crippen LogP contribution >= 0.6 is 0 Å². The van der Waals surface area contributed by atoms with Gasteiger partial charge in [-0.25, -0.2) is 8.42 Å². The molecule has 28 heavy (non-hydrogen) atoms. The van der Waals surface area contributed by atoms with Crippen LogP contribution in [-0.2, 0) is 15.6 Å². The number of likely N-dealkylation sites (N-methyl/N-ethyl adjacent to an activating group) is 1. The summed E-state index contributed by atoms with van der Waals surface area (Å²) in [5.74, 6) is 0.306. The van der Waals surface area contributed by atoms with Gasteiger partial charge in [0, 0.05) is 18.4 Å². The standard InChI is InChI=1S/C21H28N2O4S/c1-4-23(5-2)14-15-27-20-9-7-6-8-19(20)22-21(24)18-12-10-17(11-13-18)16-28(3,25)26/h6-13H,4-5,14-16H2,1-3H3,(H,22,24). The molecular formula is C21H28N2O4S. The molecule has 7 heteroatoms. The molecule has 0 fully saturated rings. The molecule has 1 N–H and O–H groups in total. The fourth-order valence-corrected chi connectivity index (χ4v) is 3.57. The van der Waals surface area contributed by atoms with E-state index in [2.05, 4.69) is 24.1 Å². The molecule has 0 saturated heterocycles. The van der Waals surface area contributed by atoms with Crippen molar-refractivity contribution in [1.29, 1.82) is 0 Å². The molecule has 0 heterocycles. The van der Waals surface area contributed by atoms with Crippen molar-refractivity contribution in [3.63, 3.8) is 0 Å². The van der Waals surface area contributed by atoms with Crippen molar-refractivity contribution in [2.45, 2.75) is 19.6 Å². The molecule has 2 aromatic carbocycles. The number of hydrogen-bond donors (Lipinski definition) is 1. The smallest absolute Gasteiger partial charge is 0.255 e. The highest BCUT2D eigenvalue weighted by Gasteiger charge is 2.11. The van der Waals surface area contributed by atoms with E-state index in [1.54, 1.807) is 30.3 Å². The lowest BCUT2D eigenvalue weighted by atomic mass is 10.1. The zero-order valence-corrected chi connectivity index (χ0v) is 17.5. The van der Waals surface area contributed by atoms with Crippen LogP contribution in [0.25, 0.3) is 0 Å². The molecule has 0 bridgehead atoms. The molecule has 0 unspecified atom stereocenters. The normalized spacial score (nSPS) is 11.4. The molecule has 0 spiro atoms. The van der Waals surface area contributed by atoms with E-state index in [9.17, 15) is 13.2 Å². The molecule has 0 aliphatic carbocycles. The summed E-state index contributed by atoms with van der Waals surface area (Å²) in [6.45, 7) is 7.50. The highest BCUT2D eigenvalue weighted by molar-refractivity contribution is 7.89. The maximum Gasteiger partial charge on any atom is 0.255 e. The average molecular weight is 405 g/mol. The van der Waals surface area contributed by atoms with Crippen LogP contribution < -0.4 is 10.1 Å². The number of amides is 1. The molecule has 1 amide bonds. The van der Waals surface area contributed by atoms with Crippen LogP contribution in [0.3, 0.4) is 0 Å². The van der Waals surface area contributed by atoms with E-state index < -0.39 is 9.84 Å². The summed E-state index contributed by atoms with van der Waals surface area (Å²) in [4.78, 5) is 14.8. The minimum Gasteiger partial charge on any atom is -0.490 e. The number of nitrogens with zero attached hydrogens (tertiary/aromatic N) is 1. The summed E-state index contributed by atoms with van der Waals surface area (Å²) in [7, 11) is -3.10. The highest BCUT2D eigenvalue weighted by Crippen LogP contribution is 2.24. The van der Waals surface area contributed by atoms with E-state index in [0.29, 0.717) is 29.2 Å². The molecule has 0 radical (unpaired) electrons. The van der Waals surface area contributed by atoms with Crippen LogP contribution in [0, 0.1) is 0 Å². The van der Waals surface area contributed by atoms with Crippen molar-refractivity contribution in [3.05, 3.63) is 59.7 Å². The highest BCUT2D eigenvalue weighted by atomic mass is 32.2. The molecular weight excluding hydrogens is 376 g/mol. The first-order valence-electron chi connectivity index (χ1n) is 9.34. The summed E-state index contributed by atoms with van der Waals surface area (Å²) >= 11 is 0. The van der Waals surface area contributed by atoms with Crippen molar-refractivity contribution < 1.29 is 17.9 Å². The maximum atomic E-state index is 12.5. The first-order chi connectivity index (χ1) is 13.3. The van der Waals surface area contributed by atoms with E-state index >= 15 is 0 Å². The maximum absolute atomic E-state index is 12.5. The van der Waals surface area contributed by atoms with Crippen molar-refractivity contribution in [2.75, 3.05) is 37.8 Å². The molecule has 2 rings (SSSR count). The van der Waals surface area contributed by atoms with E-state index in [0.717, 1.165) is 19.6 Å². The lowest BCUT2D eigenvalue weighted by Crippen LogP contribution is -2.28. The van der Waals surface area contributed by atoms with E-state index in [-0.39, 0.29) is 11.7 Å². The van der Waals surface area contributed by atoms with Crippen molar-refractivity contribution >= 4 is 21.4 Å². The summed E-state index contributed by atoms with van der Waals surface area (Å²) in [5.41, 5.74) is 1.71. The van der Waals surface area contributed by atoms with Gasteiger partial charge in [-0.15, -0.1) is 0 Å². The molecule has 0 saturated carbocycles. The third-order valence-electron chi connectivity index (χ3n) is 4.34. The molecule has 0 aliphatic heterocycles. The Morgan fingerprint density at radius 3 is 2.29 bits per heavy atom. The van der Waals surface area contributed by atoms with Gasteiger partial charge in [-0.05, 0) is 42.9 Å². The lowest BCUT2D eigenvalue weighted by molar-refractivity contribution is 0.102. The number of hydrogen-bond acceptors (Lipinski definition) is 5. The van der Waals surface area contributed by atoms with Crippen molar-refractivity contribution in [2.24, 2.45) is 0 Å². The fourth-order valence-electron chi connectivity index (χ4n) is 2.77. The Labute approximate surface area is 167 Å². The number of anilines is 1. The Bertz CT molecular complexity index is 876. The predicted octanol–water partition coefficient (Wildman–Crippen LogP) is 3.20. The van der Waals surface area contributed by atoms with Gasteiger partial charge in [-0.2, -0.15) is 0 Å². The van der Waals surface area contributed by atoms with Crippen LogP contribution in [0.4, 0.5) is 5.69 Å². The van der Waals surface area contributed by atoms with E-state index in [1.807, 2.05) is 18.2 Å². The lowest BCUT2D eigenvalue weighted by Gasteiger charge is -2.19. The number of ether oxygens (including phenoxy) is 1. The SMILES string of the molecule is CCN(CC)CCOc1ccccc1NC(=O)c1ccc(CS(C)(=O)=O)cc1. The second-order valence-electron chi connectivity index (χ2n) is 6.59. The number of para-hydroxylation sites is 2. The van der Waals surface area contributed by atoms with Gasteiger partial charge in [-0.1, -0.05) is 38.1 Å².